The number of nitrogens with two attached hydrogens (primary N) is 1. The van der Waals surface area contributed by atoms with Gasteiger partial charge in [0.25, 0.3) is 0 Å². The standard InChI is InChI=1S/C14H17Br2FN4/c1-3-11-14(16)13(21(2)20-11)7-12(19-18)9-6-8(17)4-5-10(9)15/h4-6,12,19H,3,7,18H2,1-2H3. The molecular formula is C14H17Br2FN4. The first-order valence-electron chi connectivity index (χ1n) is 6.59. The van der Waals surface area contributed by atoms with Gasteiger partial charge in [0.2, 0.25) is 0 Å². The average Bonchev–Trinajstić information content (AvgIpc) is 2.74. The van der Waals surface area contributed by atoms with Crippen molar-refractivity contribution in [2.75, 3.05) is 0 Å². The summed E-state index contributed by atoms with van der Waals surface area (Å²) in [6.45, 7) is 2.05. The second-order valence-corrected chi connectivity index (χ2v) is 6.42. The van der Waals surface area contributed by atoms with Gasteiger partial charge in [-0.25, -0.2) is 4.39 Å². The Kier molecular flexibility index (Phi) is 5.54. The third-order valence-electron chi connectivity index (χ3n) is 3.44. The van der Waals surface area contributed by atoms with E-state index in [1.165, 1.54) is 12.1 Å². The number of hydrazine groups is 1. The fraction of sp³-hybridized carbons (Fsp3) is 0.357. The molecule has 114 valence electrons. The highest BCUT2D eigenvalue weighted by atomic mass is 79.9. The number of nitrogens with one attached hydrogen (secondary N) is 1. The van der Waals surface area contributed by atoms with Crippen LogP contribution in [-0.2, 0) is 19.9 Å². The van der Waals surface area contributed by atoms with E-state index in [0.717, 1.165) is 32.3 Å². The molecule has 0 spiro atoms. The maximum atomic E-state index is 13.5. The summed E-state index contributed by atoms with van der Waals surface area (Å²) in [5.74, 6) is 5.39. The van der Waals surface area contributed by atoms with Crippen LogP contribution in [0.1, 0.15) is 29.9 Å². The van der Waals surface area contributed by atoms with Gasteiger partial charge in [0.15, 0.2) is 0 Å². The molecule has 1 aromatic heterocycles. The Bertz CT molecular complexity index is 642. The summed E-state index contributed by atoms with van der Waals surface area (Å²) in [6.07, 6.45) is 1.45. The Morgan fingerprint density at radius 1 is 1.43 bits per heavy atom. The molecule has 2 rings (SSSR count). The van der Waals surface area contributed by atoms with Crippen molar-refractivity contribution < 1.29 is 4.39 Å². The zero-order valence-corrected chi connectivity index (χ0v) is 15.0. The molecule has 0 aliphatic carbocycles. The van der Waals surface area contributed by atoms with Gasteiger partial charge in [-0.15, -0.1) is 0 Å². The maximum absolute atomic E-state index is 13.5. The lowest BCUT2D eigenvalue weighted by atomic mass is 10.0. The molecule has 2 aromatic rings. The second-order valence-electron chi connectivity index (χ2n) is 4.77. The van der Waals surface area contributed by atoms with E-state index in [-0.39, 0.29) is 11.9 Å². The lowest BCUT2D eigenvalue weighted by molar-refractivity contribution is 0.522. The van der Waals surface area contributed by atoms with Crippen molar-refractivity contribution in [3.63, 3.8) is 0 Å². The summed E-state index contributed by atoms with van der Waals surface area (Å²) >= 11 is 7.03. The summed E-state index contributed by atoms with van der Waals surface area (Å²) < 4.78 is 17.1. The average molecular weight is 420 g/mol. The van der Waals surface area contributed by atoms with Crippen molar-refractivity contribution in [3.05, 3.63) is 49.9 Å². The predicted molar refractivity (Wildman–Crippen MR) is 88.2 cm³/mol. The Labute approximate surface area is 140 Å². The topological polar surface area (TPSA) is 55.9 Å². The van der Waals surface area contributed by atoms with E-state index in [0.29, 0.717) is 6.42 Å². The Morgan fingerprint density at radius 2 is 2.14 bits per heavy atom. The summed E-state index contributed by atoms with van der Waals surface area (Å²) in [4.78, 5) is 0. The van der Waals surface area contributed by atoms with Crippen LogP contribution in [0.15, 0.2) is 27.1 Å². The molecule has 0 amide bonds. The number of rotatable bonds is 5. The van der Waals surface area contributed by atoms with E-state index >= 15 is 0 Å². The van der Waals surface area contributed by atoms with Crippen LogP contribution in [0.5, 0.6) is 0 Å². The van der Waals surface area contributed by atoms with Crippen molar-refractivity contribution in [1.29, 1.82) is 0 Å². The summed E-state index contributed by atoms with van der Waals surface area (Å²) in [7, 11) is 1.90. The first-order chi connectivity index (χ1) is 9.97. The van der Waals surface area contributed by atoms with Crippen LogP contribution >= 0.6 is 31.9 Å². The van der Waals surface area contributed by atoms with E-state index in [2.05, 4.69) is 49.3 Å². The highest BCUT2D eigenvalue weighted by Crippen LogP contribution is 2.30. The zero-order chi connectivity index (χ0) is 15.6. The van der Waals surface area contributed by atoms with Crippen molar-refractivity contribution in [1.82, 2.24) is 15.2 Å². The van der Waals surface area contributed by atoms with Crippen LogP contribution in [0.3, 0.4) is 0 Å². The summed E-state index contributed by atoms with van der Waals surface area (Å²) in [5, 5.41) is 4.47. The SMILES string of the molecule is CCc1nn(C)c(CC(NN)c2cc(F)ccc2Br)c1Br. The highest BCUT2D eigenvalue weighted by molar-refractivity contribution is 9.10. The molecule has 0 bridgehead atoms. The summed E-state index contributed by atoms with van der Waals surface area (Å²) in [5.41, 5.74) is 5.56. The Balaban J connectivity index is 2.36. The van der Waals surface area contributed by atoms with Gasteiger partial charge in [-0.05, 0) is 46.1 Å². The van der Waals surface area contributed by atoms with Crippen molar-refractivity contribution >= 4 is 31.9 Å². The number of hydrogen-bond donors (Lipinski definition) is 2. The molecule has 0 radical (unpaired) electrons. The lowest BCUT2D eigenvalue weighted by Gasteiger charge is -2.18. The largest absolute Gasteiger partial charge is 0.271 e. The predicted octanol–water partition coefficient (Wildman–Crippen LogP) is 3.39. The first kappa shape index (κ1) is 16.6. The number of halogens is 3. The van der Waals surface area contributed by atoms with E-state index in [4.69, 9.17) is 5.84 Å². The summed E-state index contributed by atoms with van der Waals surface area (Å²) in [6, 6.07) is 4.37. The molecular weight excluding hydrogens is 403 g/mol. The van der Waals surface area contributed by atoms with E-state index < -0.39 is 0 Å². The zero-order valence-electron chi connectivity index (χ0n) is 11.8. The number of hydrogen-bond acceptors (Lipinski definition) is 3. The quantitative estimate of drug-likeness (QED) is 0.576. The van der Waals surface area contributed by atoms with E-state index in [1.54, 1.807) is 6.07 Å². The molecule has 0 aliphatic heterocycles. The van der Waals surface area contributed by atoms with Crippen molar-refractivity contribution in [2.24, 2.45) is 12.9 Å². The van der Waals surface area contributed by atoms with Crippen LogP contribution < -0.4 is 11.3 Å². The monoisotopic (exact) mass is 418 g/mol. The van der Waals surface area contributed by atoms with Gasteiger partial charge in [-0.1, -0.05) is 22.9 Å². The molecule has 1 aromatic carbocycles. The minimum absolute atomic E-state index is 0.216. The molecule has 0 aliphatic rings. The minimum Gasteiger partial charge on any atom is -0.271 e. The Morgan fingerprint density at radius 3 is 2.71 bits per heavy atom. The smallest absolute Gasteiger partial charge is 0.123 e. The third-order valence-corrected chi connectivity index (χ3v) is 5.07. The van der Waals surface area contributed by atoms with Crippen LogP contribution in [-0.4, -0.2) is 9.78 Å². The molecule has 4 nitrogen and oxygen atoms in total. The molecule has 0 fully saturated rings. The second kappa shape index (κ2) is 7.00. The number of benzene rings is 1. The molecule has 1 unspecified atom stereocenters. The lowest BCUT2D eigenvalue weighted by Crippen LogP contribution is -2.30. The molecule has 21 heavy (non-hydrogen) atoms. The normalized spacial score (nSPS) is 12.7. The van der Waals surface area contributed by atoms with Gasteiger partial charge in [0.05, 0.1) is 21.9 Å². The van der Waals surface area contributed by atoms with Gasteiger partial charge < -0.3 is 0 Å². The van der Waals surface area contributed by atoms with Gasteiger partial charge >= 0.3 is 0 Å². The van der Waals surface area contributed by atoms with Gasteiger partial charge in [0.1, 0.15) is 5.82 Å². The molecule has 0 saturated heterocycles. The number of aromatic nitrogens is 2. The minimum atomic E-state index is -0.285. The van der Waals surface area contributed by atoms with Crippen LogP contribution in [0.4, 0.5) is 4.39 Å². The van der Waals surface area contributed by atoms with Crippen LogP contribution in [0.25, 0.3) is 0 Å². The molecule has 1 heterocycles. The fourth-order valence-electron chi connectivity index (χ4n) is 2.28. The van der Waals surface area contributed by atoms with Crippen molar-refractivity contribution in [2.45, 2.75) is 25.8 Å². The van der Waals surface area contributed by atoms with Crippen molar-refractivity contribution in [3.8, 4) is 0 Å². The number of aryl methyl sites for hydroxylation is 2. The maximum Gasteiger partial charge on any atom is 0.123 e. The van der Waals surface area contributed by atoms with E-state index in [9.17, 15) is 4.39 Å². The highest BCUT2D eigenvalue weighted by Gasteiger charge is 2.20. The molecule has 3 N–H and O–H groups in total. The van der Waals surface area contributed by atoms with Crippen LogP contribution in [0, 0.1) is 5.82 Å². The fourth-order valence-corrected chi connectivity index (χ4v) is 3.58. The van der Waals surface area contributed by atoms with Gasteiger partial charge in [-0.2, -0.15) is 5.10 Å². The van der Waals surface area contributed by atoms with Crippen LogP contribution in [0.2, 0.25) is 0 Å². The third kappa shape index (κ3) is 3.53. The van der Waals surface area contributed by atoms with Gasteiger partial charge in [-0.3, -0.25) is 16.0 Å². The number of nitrogens with zero attached hydrogens (tertiary/aromatic N) is 2. The molecule has 1 atom stereocenters. The van der Waals surface area contributed by atoms with E-state index in [1.807, 2.05) is 11.7 Å². The molecule has 0 saturated carbocycles. The van der Waals surface area contributed by atoms with Gasteiger partial charge in [0, 0.05) is 17.9 Å². The molecule has 7 heteroatoms. The Hall–Kier alpha value is -0.760. The first-order valence-corrected chi connectivity index (χ1v) is 8.17.